The number of carbonyl (C=O) groups excluding carboxylic acids is 1. The summed E-state index contributed by atoms with van der Waals surface area (Å²) in [6.07, 6.45) is 1.70. The third-order valence-corrected chi connectivity index (χ3v) is 5.70. The monoisotopic (exact) mass is 472 g/mol. The Morgan fingerprint density at radius 1 is 1.18 bits per heavy atom. The molecule has 1 heterocycles. The first-order valence-electron chi connectivity index (χ1n) is 10.3. The first-order valence-corrected chi connectivity index (χ1v) is 11.3. The molecule has 0 aliphatic heterocycles. The molecule has 1 aromatic heterocycles. The van der Waals surface area contributed by atoms with Crippen molar-refractivity contribution in [1.29, 1.82) is 0 Å². The van der Waals surface area contributed by atoms with E-state index in [0.717, 1.165) is 17.8 Å². The number of aromatic nitrogens is 3. The number of anilines is 1. The van der Waals surface area contributed by atoms with Crippen LogP contribution in [-0.4, -0.2) is 26.4 Å². The lowest BCUT2D eigenvalue weighted by atomic mass is 9.87. The van der Waals surface area contributed by atoms with Crippen molar-refractivity contribution in [2.45, 2.75) is 44.5 Å². The molecule has 0 aliphatic carbocycles. The molecule has 0 aliphatic rings. The van der Waals surface area contributed by atoms with Crippen LogP contribution in [0.1, 0.15) is 32.2 Å². The number of benzene rings is 2. The number of carbonyl (C=O) groups is 1. The van der Waals surface area contributed by atoms with E-state index in [1.165, 1.54) is 11.6 Å². The summed E-state index contributed by atoms with van der Waals surface area (Å²) in [5.74, 6) is -0.722. The first kappa shape index (κ1) is 24.4. The highest BCUT2D eigenvalue weighted by atomic mass is 32.2. The van der Waals surface area contributed by atoms with Gasteiger partial charge in [-0.2, -0.15) is 0 Å². The standard InChI is InChI=1S/C24H26F2N4O2S/c1-5-12-30-21(14-32-18-9-6-16(7-10-18)24(2,3)4)28-29-23(30)33-15-22(31)27-20-11-8-17(25)13-19(20)26/h5-11,13H,1,12,14-15H2,2-4H3,(H,27,31). The zero-order valence-electron chi connectivity index (χ0n) is 18.8. The smallest absolute Gasteiger partial charge is 0.234 e. The molecule has 9 heteroatoms. The number of thioether (sulfide) groups is 1. The highest BCUT2D eigenvalue weighted by molar-refractivity contribution is 7.99. The van der Waals surface area contributed by atoms with Crippen molar-refractivity contribution in [3.63, 3.8) is 0 Å². The molecule has 0 saturated heterocycles. The van der Waals surface area contributed by atoms with Gasteiger partial charge in [0.25, 0.3) is 0 Å². The van der Waals surface area contributed by atoms with E-state index in [0.29, 0.717) is 29.3 Å². The van der Waals surface area contributed by atoms with Gasteiger partial charge in [0.15, 0.2) is 11.0 Å². The Labute approximate surface area is 196 Å². The topological polar surface area (TPSA) is 69.0 Å². The number of nitrogens with one attached hydrogen (secondary N) is 1. The summed E-state index contributed by atoms with van der Waals surface area (Å²) in [5.41, 5.74) is 1.19. The average molecular weight is 473 g/mol. The second-order valence-electron chi connectivity index (χ2n) is 8.32. The SMILES string of the molecule is C=CCn1c(COc2ccc(C(C)(C)C)cc2)nnc1SCC(=O)Nc1ccc(F)cc1F. The third-order valence-electron chi connectivity index (χ3n) is 4.73. The lowest BCUT2D eigenvalue weighted by molar-refractivity contribution is -0.113. The Morgan fingerprint density at radius 2 is 1.91 bits per heavy atom. The van der Waals surface area contributed by atoms with Crippen molar-refractivity contribution in [1.82, 2.24) is 14.8 Å². The quantitative estimate of drug-likeness (QED) is 0.336. The maximum atomic E-state index is 13.7. The van der Waals surface area contributed by atoms with Crippen molar-refractivity contribution in [2.24, 2.45) is 0 Å². The Hall–Kier alpha value is -3.20. The van der Waals surface area contributed by atoms with E-state index in [1.54, 1.807) is 10.6 Å². The van der Waals surface area contributed by atoms with Crippen LogP contribution in [0.15, 0.2) is 60.3 Å². The van der Waals surface area contributed by atoms with Gasteiger partial charge in [0.2, 0.25) is 5.91 Å². The molecule has 0 bridgehead atoms. The summed E-state index contributed by atoms with van der Waals surface area (Å²) < 4.78 is 34.4. The van der Waals surface area contributed by atoms with Crippen molar-refractivity contribution in [3.05, 3.63) is 78.1 Å². The fraction of sp³-hybridized carbons (Fsp3) is 0.292. The number of rotatable bonds is 9. The lowest BCUT2D eigenvalue weighted by Gasteiger charge is -2.19. The van der Waals surface area contributed by atoms with Gasteiger partial charge < -0.3 is 10.1 Å². The fourth-order valence-corrected chi connectivity index (χ4v) is 3.72. The van der Waals surface area contributed by atoms with E-state index >= 15 is 0 Å². The van der Waals surface area contributed by atoms with E-state index in [2.05, 4.69) is 42.9 Å². The number of hydrogen-bond acceptors (Lipinski definition) is 5. The molecular formula is C24H26F2N4O2S. The van der Waals surface area contributed by atoms with Crippen LogP contribution in [-0.2, 0) is 23.4 Å². The molecule has 174 valence electrons. The van der Waals surface area contributed by atoms with Gasteiger partial charge in [-0.15, -0.1) is 16.8 Å². The van der Waals surface area contributed by atoms with E-state index in [1.807, 2.05) is 24.3 Å². The van der Waals surface area contributed by atoms with E-state index in [4.69, 9.17) is 4.74 Å². The lowest BCUT2D eigenvalue weighted by Crippen LogP contribution is -2.16. The van der Waals surface area contributed by atoms with Crippen molar-refractivity contribution in [3.8, 4) is 5.75 Å². The summed E-state index contributed by atoms with van der Waals surface area (Å²) in [5, 5.41) is 11.3. The maximum Gasteiger partial charge on any atom is 0.234 e. The minimum Gasteiger partial charge on any atom is -0.486 e. The Bertz CT molecular complexity index is 1120. The molecule has 1 amide bonds. The Balaban J connectivity index is 1.61. The number of halogens is 2. The van der Waals surface area contributed by atoms with Gasteiger partial charge in [-0.05, 0) is 35.2 Å². The second kappa shape index (κ2) is 10.6. The molecule has 0 saturated carbocycles. The van der Waals surface area contributed by atoms with Crippen LogP contribution in [0, 0.1) is 11.6 Å². The molecule has 0 atom stereocenters. The van der Waals surface area contributed by atoms with Gasteiger partial charge >= 0.3 is 0 Å². The van der Waals surface area contributed by atoms with Crippen LogP contribution in [0.2, 0.25) is 0 Å². The Morgan fingerprint density at radius 3 is 2.55 bits per heavy atom. The van der Waals surface area contributed by atoms with Crippen LogP contribution >= 0.6 is 11.8 Å². The minimum absolute atomic E-state index is 0.0266. The Kier molecular flexibility index (Phi) is 7.86. The molecule has 0 fully saturated rings. The average Bonchev–Trinajstić information content (AvgIpc) is 3.14. The molecule has 1 N–H and O–H groups in total. The zero-order chi connectivity index (χ0) is 24.0. The van der Waals surface area contributed by atoms with Crippen molar-refractivity contribution in [2.75, 3.05) is 11.1 Å². The summed E-state index contributed by atoms with van der Waals surface area (Å²) in [4.78, 5) is 12.2. The van der Waals surface area contributed by atoms with Crippen molar-refractivity contribution >= 4 is 23.4 Å². The maximum absolute atomic E-state index is 13.7. The van der Waals surface area contributed by atoms with Crippen LogP contribution in [0.5, 0.6) is 5.75 Å². The summed E-state index contributed by atoms with van der Waals surface area (Å²) in [6, 6.07) is 10.9. The minimum atomic E-state index is -0.835. The highest BCUT2D eigenvalue weighted by Gasteiger charge is 2.16. The largest absolute Gasteiger partial charge is 0.486 e. The molecule has 0 spiro atoms. The van der Waals surface area contributed by atoms with Crippen molar-refractivity contribution < 1.29 is 18.3 Å². The predicted molar refractivity (Wildman–Crippen MR) is 125 cm³/mol. The molecule has 0 unspecified atom stereocenters. The molecule has 3 rings (SSSR count). The number of hydrogen-bond donors (Lipinski definition) is 1. The van der Waals surface area contributed by atoms with Gasteiger partial charge in [-0.3, -0.25) is 9.36 Å². The molecule has 6 nitrogen and oxygen atoms in total. The predicted octanol–water partition coefficient (Wildman–Crippen LogP) is 5.35. The van der Waals surface area contributed by atoms with E-state index in [9.17, 15) is 13.6 Å². The first-order chi connectivity index (χ1) is 15.7. The summed E-state index contributed by atoms with van der Waals surface area (Å²) in [7, 11) is 0. The number of amides is 1. The number of ether oxygens (including phenoxy) is 1. The molecule has 33 heavy (non-hydrogen) atoms. The van der Waals surface area contributed by atoms with E-state index in [-0.39, 0.29) is 23.5 Å². The van der Waals surface area contributed by atoms with Crippen LogP contribution in [0.3, 0.4) is 0 Å². The van der Waals surface area contributed by atoms with Crippen LogP contribution in [0.4, 0.5) is 14.5 Å². The molecule has 0 radical (unpaired) electrons. The van der Waals surface area contributed by atoms with Crippen LogP contribution < -0.4 is 10.1 Å². The van der Waals surface area contributed by atoms with Crippen LogP contribution in [0.25, 0.3) is 0 Å². The second-order valence-corrected chi connectivity index (χ2v) is 9.26. The van der Waals surface area contributed by atoms with Gasteiger partial charge in [-0.1, -0.05) is 50.7 Å². The molecule has 3 aromatic rings. The zero-order valence-corrected chi connectivity index (χ0v) is 19.6. The third kappa shape index (κ3) is 6.64. The fourth-order valence-electron chi connectivity index (χ4n) is 2.95. The van der Waals surface area contributed by atoms with Gasteiger partial charge in [-0.25, -0.2) is 8.78 Å². The summed E-state index contributed by atoms with van der Waals surface area (Å²) >= 11 is 1.15. The molecule has 2 aromatic carbocycles. The highest BCUT2D eigenvalue weighted by Crippen LogP contribution is 2.25. The van der Waals surface area contributed by atoms with Gasteiger partial charge in [0.1, 0.15) is 24.0 Å². The van der Waals surface area contributed by atoms with Gasteiger partial charge in [0, 0.05) is 12.6 Å². The normalized spacial score (nSPS) is 11.3. The summed E-state index contributed by atoms with van der Waals surface area (Å²) in [6.45, 7) is 10.8. The molecular weight excluding hydrogens is 446 g/mol. The number of nitrogens with zero attached hydrogens (tertiary/aromatic N) is 3. The van der Waals surface area contributed by atoms with Gasteiger partial charge in [0.05, 0.1) is 11.4 Å². The number of allylic oxidation sites excluding steroid dienone is 1. The van der Waals surface area contributed by atoms with E-state index < -0.39 is 17.5 Å².